The van der Waals surface area contributed by atoms with Gasteiger partial charge in [0.15, 0.2) is 11.2 Å². The Labute approximate surface area is 184 Å². The zero-order valence-electron chi connectivity index (χ0n) is 14.9. The number of aliphatic hydroxyl groups is 1. The smallest absolute Gasteiger partial charge is 0.342 e. The Hall–Kier alpha value is -2.17. The van der Waals surface area contributed by atoms with Crippen LogP contribution in [0.4, 0.5) is 0 Å². The van der Waals surface area contributed by atoms with Crippen LogP contribution in [0.2, 0.25) is 10.0 Å². The summed E-state index contributed by atoms with van der Waals surface area (Å²) >= 11 is 21.3. The van der Waals surface area contributed by atoms with E-state index in [0.29, 0.717) is 37.8 Å². The molecule has 152 valence electrons. The Morgan fingerprint density at radius 2 is 1.59 bits per heavy atom. The predicted molar refractivity (Wildman–Crippen MR) is 115 cm³/mol. The van der Waals surface area contributed by atoms with Crippen LogP contribution in [0.15, 0.2) is 33.1 Å². The predicted octanol–water partition coefficient (Wildman–Crippen LogP) is 5.96. The number of fused-ring (bicyclic) bond motifs is 2. The number of benzene rings is 2. The van der Waals surface area contributed by atoms with Gasteiger partial charge in [-0.25, -0.2) is 4.79 Å². The van der Waals surface area contributed by atoms with Gasteiger partial charge in [-0.15, -0.1) is 0 Å². The standard InChI is InChI=1S/C10H8ClNO3S.C8H6ClNO2S/c1-2-14-9(13)6-3-5(11)4-7-8(6)15-10(16)12-7;9-5-1-4(3-11)7-6(2-5)10-8(13)12-7/h3-4H,2H2,1H3,(H,12,16);1-2,11H,3H2,(H,10,13). The summed E-state index contributed by atoms with van der Waals surface area (Å²) in [4.78, 5) is 17.7. The minimum Gasteiger partial charge on any atom is -0.462 e. The summed E-state index contributed by atoms with van der Waals surface area (Å²) in [6, 6.07) is 6.48. The summed E-state index contributed by atoms with van der Waals surface area (Å²) in [6.45, 7) is 1.90. The van der Waals surface area contributed by atoms with E-state index < -0.39 is 5.97 Å². The zero-order valence-corrected chi connectivity index (χ0v) is 18.0. The highest BCUT2D eigenvalue weighted by atomic mass is 35.5. The van der Waals surface area contributed by atoms with Gasteiger partial charge in [0.25, 0.3) is 9.67 Å². The first kappa shape index (κ1) is 21.5. The zero-order chi connectivity index (χ0) is 21.1. The van der Waals surface area contributed by atoms with Gasteiger partial charge in [0.2, 0.25) is 0 Å². The van der Waals surface area contributed by atoms with Crippen molar-refractivity contribution in [3.05, 3.63) is 55.1 Å². The lowest BCUT2D eigenvalue weighted by atomic mass is 10.2. The highest BCUT2D eigenvalue weighted by Crippen LogP contribution is 2.25. The lowest BCUT2D eigenvalue weighted by Crippen LogP contribution is -2.04. The maximum atomic E-state index is 11.6. The molecule has 0 unspecified atom stereocenters. The molecule has 0 radical (unpaired) electrons. The van der Waals surface area contributed by atoms with Gasteiger partial charge < -0.3 is 28.6 Å². The van der Waals surface area contributed by atoms with Gasteiger partial charge in [0.1, 0.15) is 5.56 Å². The van der Waals surface area contributed by atoms with Crippen LogP contribution in [-0.4, -0.2) is 27.7 Å². The Kier molecular flexibility index (Phi) is 6.76. The number of halogens is 2. The molecular weight excluding hydrogens is 459 g/mol. The molecule has 0 fully saturated rings. The van der Waals surface area contributed by atoms with Gasteiger partial charge >= 0.3 is 5.97 Å². The fourth-order valence-corrected chi connectivity index (χ4v) is 3.44. The first-order valence-corrected chi connectivity index (χ1v) is 9.81. The molecule has 29 heavy (non-hydrogen) atoms. The first-order chi connectivity index (χ1) is 13.8. The van der Waals surface area contributed by atoms with Crippen LogP contribution in [-0.2, 0) is 11.3 Å². The number of carbonyl (C=O) groups is 1. The van der Waals surface area contributed by atoms with E-state index in [1.165, 1.54) is 6.07 Å². The minimum atomic E-state index is -0.479. The van der Waals surface area contributed by atoms with Crippen molar-refractivity contribution in [3.63, 3.8) is 0 Å². The average Bonchev–Trinajstić information content (AvgIpc) is 3.21. The highest BCUT2D eigenvalue weighted by molar-refractivity contribution is 7.71. The van der Waals surface area contributed by atoms with Crippen LogP contribution in [0.25, 0.3) is 22.2 Å². The fraction of sp³-hybridized carbons (Fsp3) is 0.167. The number of hydrogen-bond acceptors (Lipinski definition) is 7. The van der Waals surface area contributed by atoms with E-state index in [0.717, 1.165) is 0 Å². The molecule has 2 heterocycles. The summed E-state index contributed by atoms with van der Waals surface area (Å²) < 4.78 is 15.3. The van der Waals surface area contributed by atoms with Crippen molar-refractivity contribution in [3.8, 4) is 0 Å². The van der Waals surface area contributed by atoms with Crippen molar-refractivity contribution in [2.24, 2.45) is 0 Å². The number of oxazole rings is 2. The van der Waals surface area contributed by atoms with Crippen LogP contribution in [0.3, 0.4) is 0 Å². The van der Waals surface area contributed by atoms with Crippen LogP contribution in [0, 0.1) is 9.67 Å². The Balaban J connectivity index is 0.000000169. The van der Waals surface area contributed by atoms with E-state index in [1.54, 1.807) is 25.1 Å². The minimum absolute atomic E-state index is 0.118. The van der Waals surface area contributed by atoms with Crippen LogP contribution >= 0.6 is 47.6 Å². The van der Waals surface area contributed by atoms with Crippen molar-refractivity contribution in [1.82, 2.24) is 9.97 Å². The lowest BCUT2D eigenvalue weighted by molar-refractivity contribution is 0.0527. The van der Waals surface area contributed by atoms with Gasteiger partial charge in [-0.3, -0.25) is 0 Å². The van der Waals surface area contributed by atoms with Crippen molar-refractivity contribution < 1.29 is 23.5 Å². The van der Waals surface area contributed by atoms with E-state index in [2.05, 4.69) is 9.97 Å². The van der Waals surface area contributed by atoms with Crippen LogP contribution < -0.4 is 0 Å². The van der Waals surface area contributed by atoms with Gasteiger partial charge in [0.05, 0.1) is 24.2 Å². The average molecular weight is 473 g/mol. The third kappa shape index (κ3) is 4.88. The second kappa shape index (κ2) is 9.10. The Morgan fingerprint density at radius 3 is 2.17 bits per heavy atom. The molecule has 0 atom stereocenters. The van der Waals surface area contributed by atoms with Crippen molar-refractivity contribution >= 4 is 75.8 Å². The maximum Gasteiger partial charge on any atom is 0.342 e. The molecule has 4 aromatic rings. The molecule has 11 heteroatoms. The number of carbonyl (C=O) groups excluding carboxylic acids is 1. The van der Waals surface area contributed by atoms with E-state index in [9.17, 15) is 4.79 Å². The fourth-order valence-electron chi connectivity index (χ4n) is 2.59. The number of ether oxygens (including phenoxy) is 1. The normalized spacial score (nSPS) is 10.8. The molecule has 2 aromatic heterocycles. The summed E-state index contributed by atoms with van der Waals surface area (Å²) in [7, 11) is 0. The molecule has 0 aliphatic heterocycles. The molecule has 0 bridgehead atoms. The van der Waals surface area contributed by atoms with E-state index >= 15 is 0 Å². The summed E-state index contributed by atoms with van der Waals surface area (Å²) in [6.07, 6.45) is 0. The third-order valence-electron chi connectivity index (χ3n) is 3.71. The summed E-state index contributed by atoms with van der Waals surface area (Å²) in [5.74, 6) is -0.479. The second-order valence-electron chi connectivity index (χ2n) is 5.68. The molecular formula is C18H14Cl2N2O5S2. The molecule has 2 aromatic carbocycles. The molecule has 0 aliphatic carbocycles. The highest BCUT2D eigenvalue weighted by Gasteiger charge is 2.16. The topological polar surface area (TPSA) is 104 Å². The van der Waals surface area contributed by atoms with Crippen molar-refractivity contribution in [1.29, 1.82) is 0 Å². The number of nitrogens with one attached hydrogen (secondary N) is 2. The number of rotatable bonds is 3. The number of H-pyrrole nitrogens is 2. The van der Waals surface area contributed by atoms with E-state index in [1.807, 2.05) is 0 Å². The van der Waals surface area contributed by atoms with E-state index in [4.69, 9.17) is 66.3 Å². The maximum absolute atomic E-state index is 11.6. The van der Waals surface area contributed by atoms with Gasteiger partial charge in [-0.2, -0.15) is 0 Å². The Bertz CT molecular complexity index is 1310. The molecule has 0 saturated carbocycles. The van der Waals surface area contributed by atoms with Crippen LogP contribution in [0.1, 0.15) is 22.8 Å². The number of hydrogen-bond donors (Lipinski definition) is 3. The van der Waals surface area contributed by atoms with Crippen molar-refractivity contribution in [2.75, 3.05) is 6.61 Å². The molecule has 0 aliphatic rings. The quantitative estimate of drug-likeness (QED) is 0.249. The summed E-state index contributed by atoms with van der Waals surface area (Å²) in [5, 5.41) is 9.97. The molecule has 0 amide bonds. The molecule has 0 spiro atoms. The SMILES string of the molecule is CCOC(=O)c1cc(Cl)cc2[nH]c(=S)oc12.OCc1cc(Cl)cc2[nH]c(=S)oc12. The Morgan fingerprint density at radius 1 is 1.03 bits per heavy atom. The van der Waals surface area contributed by atoms with Crippen molar-refractivity contribution in [2.45, 2.75) is 13.5 Å². The second-order valence-corrected chi connectivity index (χ2v) is 7.29. The lowest BCUT2D eigenvalue weighted by Gasteiger charge is -2.02. The largest absolute Gasteiger partial charge is 0.462 e. The summed E-state index contributed by atoms with van der Waals surface area (Å²) in [5.41, 5.74) is 3.14. The molecule has 7 nitrogen and oxygen atoms in total. The number of aromatic nitrogens is 2. The third-order valence-corrected chi connectivity index (χ3v) is 4.52. The number of esters is 1. The van der Waals surface area contributed by atoms with Gasteiger partial charge in [-0.05, 0) is 55.6 Å². The van der Waals surface area contributed by atoms with Gasteiger partial charge in [0, 0.05) is 15.6 Å². The van der Waals surface area contributed by atoms with Gasteiger partial charge in [-0.1, -0.05) is 23.2 Å². The van der Waals surface area contributed by atoms with E-state index in [-0.39, 0.29) is 28.5 Å². The molecule has 0 saturated heterocycles. The molecule has 4 rings (SSSR count). The number of aliphatic hydroxyl groups excluding tert-OH is 1. The molecule has 3 N–H and O–H groups in total. The number of aromatic amines is 2. The monoisotopic (exact) mass is 472 g/mol. The van der Waals surface area contributed by atoms with Crippen LogP contribution in [0.5, 0.6) is 0 Å². The first-order valence-electron chi connectivity index (χ1n) is 8.24.